The Hall–Kier alpha value is -1.10. The van der Waals surface area contributed by atoms with Gasteiger partial charge in [0.25, 0.3) is 0 Å². The molecule has 5 heteroatoms. The number of hydrogen-bond donors (Lipinski definition) is 1. The van der Waals surface area contributed by atoms with Crippen molar-refractivity contribution in [2.75, 3.05) is 14.2 Å². The number of methoxy groups -OCH3 is 1. The van der Waals surface area contributed by atoms with Crippen LogP contribution in [0.2, 0.25) is 0 Å². The summed E-state index contributed by atoms with van der Waals surface area (Å²) in [6.45, 7) is 10.0. The zero-order chi connectivity index (χ0) is 16.7. The highest BCUT2D eigenvalue weighted by atomic mass is 16.5. The second-order valence-corrected chi connectivity index (χ2v) is 6.23. The molecular formula is C16H31NO4. The first kappa shape index (κ1) is 19.9. The largest absolute Gasteiger partial charge is 0.481 e. The average molecular weight is 301 g/mol. The second-order valence-electron chi connectivity index (χ2n) is 6.23. The SMILES string of the molecule is CC[C@H](C)[C@@H]([C@@H](CC(=O)O)OC)N(C)C(=O)[C@@H](C)C(C)C. The zero-order valence-corrected chi connectivity index (χ0v) is 14.4. The normalized spacial score (nSPS) is 17.1. The molecule has 0 spiro atoms. The molecule has 0 saturated carbocycles. The first-order valence-corrected chi connectivity index (χ1v) is 7.68. The van der Waals surface area contributed by atoms with Gasteiger partial charge in [0.2, 0.25) is 5.91 Å². The number of carboxylic acid groups (broad SMARTS) is 1. The molecule has 0 aliphatic rings. The Morgan fingerprint density at radius 2 is 1.71 bits per heavy atom. The molecule has 4 atom stereocenters. The van der Waals surface area contributed by atoms with E-state index in [0.717, 1.165) is 6.42 Å². The van der Waals surface area contributed by atoms with Crippen LogP contribution in [0.3, 0.4) is 0 Å². The van der Waals surface area contributed by atoms with Crippen LogP contribution >= 0.6 is 0 Å². The molecule has 5 nitrogen and oxygen atoms in total. The van der Waals surface area contributed by atoms with Crippen molar-refractivity contribution in [3.8, 4) is 0 Å². The number of carbonyl (C=O) groups excluding carboxylic acids is 1. The molecule has 0 fully saturated rings. The van der Waals surface area contributed by atoms with Gasteiger partial charge in [0.05, 0.1) is 18.6 Å². The van der Waals surface area contributed by atoms with Gasteiger partial charge in [-0.2, -0.15) is 0 Å². The lowest BCUT2D eigenvalue weighted by molar-refractivity contribution is -0.148. The summed E-state index contributed by atoms with van der Waals surface area (Å²) >= 11 is 0. The van der Waals surface area contributed by atoms with Crippen LogP contribution in [0.15, 0.2) is 0 Å². The third-order valence-electron chi connectivity index (χ3n) is 4.47. The minimum Gasteiger partial charge on any atom is -0.481 e. The second kappa shape index (κ2) is 9.03. The van der Waals surface area contributed by atoms with Crippen molar-refractivity contribution in [2.45, 2.75) is 59.6 Å². The monoisotopic (exact) mass is 301 g/mol. The third kappa shape index (κ3) is 5.65. The van der Waals surface area contributed by atoms with Crippen molar-refractivity contribution in [3.63, 3.8) is 0 Å². The molecule has 0 aliphatic heterocycles. The van der Waals surface area contributed by atoms with Crippen molar-refractivity contribution in [2.24, 2.45) is 17.8 Å². The van der Waals surface area contributed by atoms with E-state index in [-0.39, 0.29) is 36.1 Å². The van der Waals surface area contributed by atoms with Gasteiger partial charge >= 0.3 is 5.97 Å². The summed E-state index contributed by atoms with van der Waals surface area (Å²) in [6, 6.07) is -0.232. The lowest BCUT2D eigenvalue weighted by Crippen LogP contribution is -2.51. The molecule has 21 heavy (non-hydrogen) atoms. The molecule has 0 saturated heterocycles. The molecule has 1 amide bonds. The highest BCUT2D eigenvalue weighted by Gasteiger charge is 2.35. The van der Waals surface area contributed by atoms with E-state index in [4.69, 9.17) is 9.84 Å². The smallest absolute Gasteiger partial charge is 0.306 e. The van der Waals surface area contributed by atoms with Crippen LogP contribution in [-0.4, -0.2) is 48.2 Å². The standard InChI is InChI=1S/C16H31NO4/c1-8-11(4)15(13(21-7)9-14(18)19)17(6)16(20)12(5)10(2)3/h10-13,15H,8-9H2,1-7H3,(H,18,19)/t11-,12-,13+,15-/m0/s1. The maximum absolute atomic E-state index is 12.6. The van der Waals surface area contributed by atoms with Gasteiger partial charge in [-0.3, -0.25) is 9.59 Å². The van der Waals surface area contributed by atoms with Gasteiger partial charge in [-0.25, -0.2) is 0 Å². The van der Waals surface area contributed by atoms with Gasteiger partial charge in [0.15, 0.2) is 0 Å². The molecule has 0 heterocycles. The number of rotatable bonds is 9. The van der Waals surface area contributed by atoms with E-state index in [1.165, 1.54) is 7.11 Å². The van der Waals surface area contributed by atoms with Crippen molar-refractivity contribution in [1.82, 2.24) is 4.90 Å². The fraction of sp³-hybridized carbons (Fsp3) is 0.875. The van der Waals surface area contributed by atoms with E-state index >= 15 is 0 Å². The Labute approximate surface area is 128 Å². The Morgan fingerprint density at radius 1 is 1.19 bits per heavy atom. The summed E-state index contributed by atoms with van der Waals surface area (Å²) in [5.41, 5.74) is 0. The zero-order valence-electron chi connectivity index (χ0n) is 14.4. The number of nitrogens with zero attached hydrogens (tertiary/aromatic N) is 1. The Bertz CT molecular complexity index is 343. The highest BCUT2D eigenvalue weighted by molar-refractivity contribution is 5.79. The fourth-order valence-electron chi connectivity index (χ4n) is 2.51. The number of ether oxygens (including phenoxy) is 1. The van der Waals surface area contributed by atoms with E-state index in [1.54, 1.807) is 11.9 Å². The summed E-state index contributed by atoms with van der Waals surface area (Å²) in [4.78, 5) is 25.3. The van der Waals surface area contributed by atoms with Crippen LogP contribution in [0, 0.1) is 17.8 Å². The number of hydrogen-bond acceptors (Lipinski definition) is 3. The molecule has 0 aromatic rings. The van der Waals surface area contributed by atoms with E-state index < -0.39 is 12.1 Å². The number of carbonyl (C=O) groups is 2. The van der Waals surface area contributed by atoms with Gasteiger partial charge in [-0.1, -0.05) is 41.0 Å². The third-order valence-corrected chi connectivity index (χ3v) is 4.47. The molecular weight excluding hydrogens is 270 g/mol. The van der Waals surface area contributed by atoms with Crippen LogP contribution in [0.25, 0.3) is 0 Å². The lowest BCUT2D eigenvalue weighted by Gasteiger charge is -2.39. The minimum atomic E-state index is -0.909. The molecule has 0 radical (unpaired) electrons. The number of carboxylic acids is 1. The number of likely N-dealkylation sites (N-methyl/N-ethyl adjacent to an activating group) is 1. The molecule has 0 rings (SSSR count). The maximum atomic E-state index is 12.6. The Balaban J connectivity index is 5.30. The first-order chi connectivity index (χ1) is 9.67. The predicted molar refractivity (Wildman–Crippen MR) is 83.1 cm³/mol. The van der Waals surface area contributed by atoms with Crippen LogP contribution in [0.5, 0.6) is 0 Å². The fourth-order valence-corrected chi connectivity index (χ4v) is 2.51. The van der Waals surface area contributed by atoms with Gasteiger partial charge in [0, 0.05) is 20.1 Å². The summed E-state index contributed by atoms with van der Waals surface area (Å²) in [6.07, 6.45) is 0.266. The Kier molecular flexibility index (Phi) is 8.55. The van der Waals surface area contributed by atoms with Crippen molar-refractivity contribution in [1.29, 1.82) is 0 Å². The molecule has 124 valence electrons. The van der Waals surface area contributed by atoms with Gasteiger partial charge in [-0.05, 0) is 11.8 Å². The molecule has 0 unspecified atom stereocenters. The van der Waals surface area contributed by atoms with E-state index in [1.807, 2.05) is 34.6 Å². The Morgan fingerprint density at radius 3 is 2.05 bits per heavy atom. The number of aliphatic carboxylic acids is 1. The average Bonchev–Trinajstić information content (AvgIpc) is 2.43. The van der Waals surface area contributed by atoms with E-state index in [9.17, 15) is 9.59 Å². The highest BCUT2D eigenvalue weighted by Crippen LogP contribution is 2.24. The topological polar surface area (TPSA) is 66.8 Å². The molecule has 0 aromatic carbocycles. The van der Waals surface area contributed by atoms with Crippen LogP contribution in [-0.2, 0) is 14.3 Å². The van der Waals surface area contributed by atoms with Crippen molar-refractivity contribution in [3.05, 3.63) is 0 Å². The van der Waals surface area contributed by atoms with Gasteiger partial charge in [-0.15, -0.1) is 0 Å². The summed E-state index contributed by atoms with van der Waals surface area (Å²) in [5.74, 6) is -0.542. The molecule has 0 bridgehead atoms. The first-order valence-electron chi connectivity index (χ1n) is 7.68. The molecule has 0 aromatic heterocycles. The van der Waals surface area contributed by atoms with E-state index in [2.05, 4.69) is 0 Å². The van der Waals surface area contributed by atoms with Crippen molar-refractivity contribution >= 4 is 11.9 Å². The quantitative estimate of drug-likeness (QED) is 0.711. The van der Waals surface area contributed by atoms with Crippen LogP contribution in [0.4, 0.5) is 0 Å². The summed E-state index contributed by atoms with van der Waals surface area (Å²) in [7, 11) is 3.26. The maximum Gasteiger partial charge on any atom is 0.306 e. The lowest BCUT2D eigenvalue weighted by atomic mass is 9.89. The molecule has 1 N–H and O–H groups in total. The van der Waals surface area contributed by atoms with Gasteiger partial charge < -0.3 is 14.7 Å². The summed E-state index contributed by atoms with van der Waals surface area (Å²) < 4.78 is 5.38. The predicted octanol–water partition coefficient (Wildman–Crippen LogP) is 2.64. The van der Waals surface area contributed by atoms with Crippen LogP contribution in [0.1, 0.15) is 47.5 Å². The minimum absolute atomic E-state index is 0.0442. The van der Waals surface area contributed by atoms with E-state index in [0.29, 0.717) is 0 Å². The molecule has 0 aliphatic carbocycles. The van der Waals surface area contributed by atoms with Gasteiger partial charge in [0.1, 0.15) is 0 Å². The van der Waals surface area contributed by atoms with Crippen LogP contribution < -0.4 is 0 Å². The number of amides is 1. The summed E-state index contributed by atoms with van der Waals surface area (Å²) in [5, 5.41) is 9.05. The van der Waals surface area contributed by atoms with Crippen molar-refractivity contribution < 1.29 is 19.4 Å².